The summed E-state index contributed by atoms with van der Waals surface area (Å²) in [5.74, 6) is 0.680. The first-order chi connectivity index (χ1) is 10.9. The van der Waals surface area contributed by atoms with E-state index in [2.05, 4.69) is 16.3 Å². The second-order valence-corrected chi connectivity index (χ2v) is 6.57. The van der Waals surface area contributed by atoms with Crippen LogP contribution in [0.2, 0.25) is 0 Å². The monoisotopic (exact) mass is 317 g/mol. The highest BCUT2D eigenvalue weighted by Gasteiger charge is 2.44. The molecule has 1 aromatic carbocycles. The van der Waals surface area contributed by atoms with Crippen LogP contribution >= 0.6 is 0 Å². The maximum absolute atomic E-state index is 12.3. The molecule has 0 saturated carbocycles. The normalized spacial score (nSPS) is 19.6. The molecule has 2 aliphatic heterocycles. The number of carbonyl (C=O) groups excluding carboxylic acids is 2. The van der Waals surface area contributed by atoms with E-state index in [0.717, 1.165) is 30.8 Å². The van der Waals surface area contributed by atoms with Gasteiger partial charge in [-0.05, 0) is 38.3 Å². The predicted octanol–water partition coefficient (Wildman–Crippen LogP) is 1.78. The third-order valence-corrected chi connectivity index (χ3v) is 4.53. The van der Waals surface area contributed by atoms with E-state index < -0.39 is 5.54 Å². The van der Waals surface area contributed by atoms with E-state index in [-0.39, 0.29) is 11.9 Å². The number of rotatable bonds is 4. The molecule has 124 valence electrons. The molecule has 0 atom stereocenters. The molecule has 1 aromatic rings. The van der Waals surface area contributed by atoms with Gasteiger partial charge < -0.3 is 15.0 Å². The number of hydrogen-bond donors (Lipinski definition) is 1. The van der Waals surface area contributed by atoms with Crippen LogP contribution in [-0.2, 0) is 11.2 Å². The van der Waals surface area contributed by atoms with Gasteiger partial charge in [-0.1, -0.05) is 12.1 Å². The summed E-state index contributed by atoms with van der Waals surface area (Å²) >= 11 is 0. The fourth-order valence-electron chi connectivity index (χ4n) is 3.33. The van der Waals surface area contributed by atoms with E-state index in [1.165, 1.54) is 10.5 Å². The Morgan fingerprint density at radius 3 is 2.70 bits per heavy atom. The van der Waals surface area contributed by atoms with Gasteiger partial charge in [0.15, 0.2) is 0 Å². The van der Waals surface area contributed by atoms with Crippen molar-refractivity contribution in [3.05, 3.63) is 23.8 Å². The molecular formula is C17H23N3O3. The lowest BCUT2D eigenvalue weighted by atomic mass is 10.0. The number of para-hydroxylation sites is 1. The molecule has 2 heterocycles. The highest BCUT2D eigenvalue weighted by molar-refractivity contribution is 6.06. The number of anilines is 1. The van der Waals surface area contributed by atoms with Gasteiger partial charge in [-0.2, -0.15) is 0 Å². The van der Waals surface area contributed by atoms with Crippen molar-refractivity contribution in [1.29, 1.82) is 0 Å². The van der Waals surface area contributed by atoms with Crippen LogP contribution in [0.25, 0.3) is 0 Å². The van der Waals surface area contributed by atoms with Gasteiger partial charge in [0, 0.05) is 19.6 Å². The number of methoxy groups -OCH3 is 1. The Hall–Kier alpha value is -2.24. The summed E-state index contributed by atoms with van der Waals surface area (Å²) < 4.78 is 5.49. The van der Waals surface area contributed by atoms with Gasteiger partial charge in [0.2, 0.25) is 0 Å². The number of hydrogen-bond acceptors (Lipinski definition) is 4. The van der Waals surface area contributed by atoms with Gasteiger partial charge in [0.05, 0.1) is 12.8 Å². The number of amides is 3. The first-order valence-electron chi connectivity index (χ1n) is 7.99. The molecule has 0 spiro atoms. The van der Waals surface area contributed by atoms with Crippen molar-refractivity contribution < 1.29 is 14.3 Å². The zero-order chi connectivity index (χ0) is 16.6. The summed E-state index contributed by atoms with van der Waals surface area (Å²) in [7, 11) is 1.67. The van der Waals surface area contributed by atoms with Crippen LogP contribution in [0.4, 0.5) is 10.5 Å². The fourth-order valence-corrected chi connectivity index (χ4v) is 3.33. The van der Waals surface area contributed by atoms with Crippen LogP contribution in [0.15, 0.2) is 18.2 Å². The number of aryl methyl sites for hydroxylation is 1. The second kappa shape index (κ2) is 5.76. The van der Waals surface area contributed by atoms with E-state index in [1.807, 2.05) is 12.1 Å². The number of urea groups is 1. The van der Waals surface area contributed by atoms with Gasteiger partial charge in [-0.3, -0.25) is 9.69 Å². The fraction of sp³-hybridized carbons (Fsp3) is 0.529. The summed E-state index contributed by atoms with van der Waals surface area (Å²) in [6.07, 6.45) is 2.09. The van der Waals surface area contributed by atoms with Crippen LogP contribution < -0.4 is 15.0 Å². The number of ether oxygens (including phenoxy) is 1. The third-order valence-electron chi connectivity index (χ3n) is 4.53. The van der Waals surface area contributed by atoms with Gasteiger partial charge in [-0.15, -0.1) is 0 Å². The first-order valence-corrected chi connectivity index (χ1v) is 7.99. The highest BCUT2D eigenvalue weighted by atomic mass is 16.5. The lowest BCUT2D eigenvalue weighted by Gasteiger charge is -2.33. The minimum atomic E-state index is -0.811. The molecule has 0 aromatic heterocycles. The molecule has 1 N–H and O–H groups in total. The quantitative estimate of drug-likeness (QED) is 0.860. The van der Waals surface area contributed by atoms with Crippen LogP contribution in [-0.4, -0.2) is 49.1 Å². The number of benzene rings is 1. The zero-order valence-electron chi connectivity index (χ0n) is 13.9. The number of fused-ring (bicyclic) bond motifs is 1. The Labute approximate surface area is 136 Å². The Bertz CT molecular complexity index is 628. The van der Waals surface area contributed by atoms with Gasteiger partial charge in [0.1, 0.15) is 11.3 Å². The lowest BCUT2D eigenvalue weighted by Crippen LogP contribution is -2.42. The molecule has 2 aliphatic rings. The number of imide groups is 1. The van der Waals surface area contributed by atoms with Crippen LogP contribution in [0.3, 0.4) is 0 Å². The summed E-state index contributed by atoms with van der Waals surface area (Å²) in [6.45, 7) is 5.35. The van der Waals surface area contributed by atoms with Gasteiger partial charge >= 0.3 is 6.03 Å². The van der Waals surface area contributed by atoms with Crippen molar-refractivity contribution in [3.63, 3.8) is 0 Å². The maximum atomic E-state index is 12.3. The number of nitrogens with zero attached hydrogens (tertiary/aromatic N) is 2. The molecule has 1 fully saturated rings. The molecule has 0 radical (unpaired) electrons. The third kappa shape index (κ3) is 2.73. The van der Waals surface area contributed by atoms with Crippen molar-refractivity contribution in [2.75, 3.05) is 31.6 Å². The number of nitrogens with one attached hydrogen (secondary N) is 1. The second-order valence-electron chi connectivity index (χ2n) is 6.57. The molecular weight excluding hydrogens is 294 g/mol. The highest BCUT2D eigenvalue weighted by Crippen LogP contribution is 2.36. The standard InChI is InChI=1S/C17H23N3O3/c1-17(2)15(21)20(16(22)18-17)11-10-19-9-5-7-12-6-4-8-13(23-3)14(12)19/h4,6,8H,5,7,9-11H2,1-3H3,(H,18,22). The average Bonchev–Trinajstić information content (AvgIpc) is 2.72. The van der Waals surface area contributed by atoms with Gasteiger partial charge in [0.25, 0.3) is 5.91 Å². The smallest absolute Gasteiger partial charge is 0.325 e. The molecule has 0 bridgehead atoms. The zero-order valence-corrected chi connectivity index (χ0v) is 13.9. The lowest BCUT2D eigenvalue weighted by molar-refractivity contribution is -0.130. The Morgan fingerprint density at radius 1 is 1.26 bits per heavy atom. The molecule has 3 amide bonds. The Morgan fingerprint density at radius 2 is 2.04 bits per heavy atom. The van der Waals surface area contributed by atoms with Crippen LogP contribution in [0.1, 0.15) is 25.8 Å². The molecule has 0 aliphatic carbocycles. The van der Waals surface area contributed by atoms with Crippen molar-refractivity contribution >= 4 is 17.6 Å². The van der Waals surface area contributed by atoms with E-state index in [0.29, 0.717) is 13.1 Å². The van der Waals surface area contributed by atoms with E-state index in [9.17, 15) is 9.59 Å². The Kier molecular flexibility index (Phi) is 3.92. The number of carbonyl (C=O) groups is 2. The predicted molar refractivity (Wildman–Crippen MR) is 87.9 cm³/mol. The topological polar surface area (TPSA) is 61.9 Å². The summed E-state index contributed by atoms with van der Waals surface area (Å²) in [4.78, 5) is 27.8. The molecule has 3 rings (SSSR count). The average molecular weight is 317 g/mol. The van der Waals surface area contributed by atoms with Crippen molar-refractivity contribution in [2.45, 2.75) is 32.2 Å². The molecule has 1 saturated heterocycles. The Balaban J connectivity index is 1.76. The minimum absolute atomic E-state index is 0.167. The summed E-state index contributed by atoms with van der Waals surface area (Å²) in [5.41, 5.74) is 1.54. The first kappa shape index (κ1) is 15.6. The SMILES string of the molecule is COc1cccc2c1N(CCN1C(=O)NC(C)(C)C1=O)CCC2. The van der Waals surface area contributed by atoms with Crippen molar-refractivity contribution in [3.8, 4) is 5.75 Å². The largest absolute Gasteiger partial charge is 0.495 e. The summed E-state index contributed by atoms with van der Waals surface area (Å²) in [6, 6.07) is 5.76. The van der Waals surface area contributed by atoms with E-state index in [4.69, 9.17) is 4.74 Å². The van der Waals surface area contributed by atoms with E-state index in [1.54, 1.807) is 21.0 Å². The molecule has 6 heteroatoms. The van der Waals surface area contributed by atoms with Gasteiger partial charge in [-0.25, -0.2) is 4.79 Å². The minimum Gasteiger partial charge on any atom is -0.495 e. The van der Waals surface area contributed by atoms with Crippen LogP contribution in [0.5, 0.6) is 5.75 Å². The van der Waals surface area contributed by atoms with Crippen LogP contribution in [0, 0.1) is 0 Å². The van der Waals surface area contributed by atoms with E-state index >= 15 is 0 Å². The molecule has 0 unspecified atom stereocenters. The maximum Gasteiger partial charge on any atom is 0.325 e. The van der Waals surface area contributed by atoms with Crippen molar-refractivity contribution in [2.24, 2.45) is 0 Å². The van der Waals surface area contributed by atoms with Crippen molar-refractivity contribution in [1.82, 2.24) is 10.2 Å². The molecule has 6 nitrogen and oxygen atoms in total. The summed E-state index contributed by atoms with van der Waals surface area (Å²) in [5, 5.41) is 2.72. The molecule has 23 heavy (non-hydrogen) atoms.